The summed E-state index contributed by atoms with van der Waals surface area (Å²) in [4.78, 5) is 12.5. The molecule has 3 rings (SSSR count). The molecule has 2 heterocycles. The van der Waals surface area contributed by atoms with E-state index in [4.69, 9.17) is 9.47 Å². The van der Waals surface area contributed by atoms with Gasteiger partial charge in [-0.1, -0.05) is 0 Å². The van der Waals surface area contributed by atoms with Gasteiger partial charge >= 0.3 is 0 Å². The van der Waals surface area contributed by atoms with Crippen LogP contribution in [0.4, 0.5) is 5.69 Å². The number of rotatable bonds is 6. The van der Waals surface area contributed by atoms with E-state index in [0.29, 0.717) is 49.9 Å². The average molecular weight is 396 g/mol. The van der Waals surface area contributed by atoms with Crippen molar-refractivity contribution in [2.24, 2.45) is 0 Å². The van der Waals surface area contributed by atoms with Crippen LogP contribution < -0.4 is 10.1 Å². The molecule has 9 heteroatoms. The van der Waals surface area contributed by atoms with E-state index in [1.54, 1.807) is 22.9 Å². The summed E-state index contributed by atoms with van der Waals surface area (Å²) < 4.78 is 37.8. The second kappa shape index (κ2) is 8.17. The molecule has 1 aliphatic rings. The van der Waals surface area contributed by atoms with Gasteiger partial charge in [-0.25, -0.2) is 8.42 Å². The summed E-state index contributed by atoms with van der Waals surface area (Å²) in [5.41, 5.74) is 0.844. The zero-order chi connectivity index (χ0) is 18.6. The number of carbonyl (C=O) groups excluding carboxylic acids is 1. The Morgan fingerprint density at radius 1 is 1.31 bits per heavy atom. The number of nitrogens with zero attached hydrogens (tertiary/aromatic N) is 1. The van der Waals surface area contributed by atoms with Gasteiger partial charge in [0.2, 0.25) is 10.0 Å². The summed E-state index contributed by atoms with van der Waals surface area (Å²) in [6.45, 7) is 3.59. The highest BCUT2D eigenvalue weighted by Crippen LogP contribution is 2.30. The Morgan fingerprint density at radius 2 is 2.08 bits per heavy atom. The van der Waals surface area contributed by atoms with E-state index >= 15 is 0 Å². The lowest BCUT2D eigenvalue weighted by Gasteiger charge is -2.26. The fraction of sp³-hybridized carbons (Fsp3) is 0.353. The molecule has 2 aromatic rings. The van der Waals surface area contributed by atoms with E-state index in [2.05, 4.69) is 5.32 Å². The molecule has 0 spiro atoms. The number of morpholine rings is 1. The minimum absolute atomic E-state index is 0.114. The number of hydrogen-bond donors (Lipinski definition) is 1. The van der Waals surface area contributed by atoms with Gasteiger partial charge < -0.3 is 14.8 Å². The van der Waals surface area contributed by atoms with Crippen molar-refractivity contribution in [3.05, 3.63) is 40.6 Å². The van der Waals surface area contributed by atoms with Gasteiger partial charge in [-0.2, -0.15) is 15.6 Å². The quantitative estimate of drug-likeness (QED) is 0.811. The van der Waals surface area contributed by atoms with Gasteiger partial charge in [-0.15, -0.1) is 0 Å². The van der Waals surface area contributed by atoms with Gasteiger partial charge in [0, 0.05) is 18.5 Å². The fourth-order valence-corrected chi connectivity index (χ4v) is 4.64. The average Bonchev–Trinajstić information content (AvgIpc) is 3.19. The number of amides is 1. The van der Waals surface area contributed by atoms with Crippen molar-refractivity contribution in [3.63, 3.8) is 0 Å². The Balaban J connectivity index is 1.91. The van der Waals surface area contributed by atoms with Crippen molar-refractivity contribution in [3.8, 4) is 5.75 Å². The summed E-state index contributed by atoms with van der Waals surface area (Å²) in [5.74, 6) is 0.116. The number of carbonyl (C=O) groups is 1. The third-order valence-electron chi connectivity index (χ3n) is 3.89. The zero-order valence-electron chi connectivity index (χ0n) is 14.3. The van der Waals surface area contributed by atoms with Crippen molar-refractivity contribution < 1.29 is 22.7 Å². The van der Waals surface area contributed by atoms with E-state index < -0.39 is 10.0 Å². The highest BCUT2D eigenvalue weighted by atomic mass is 32.2. The molecule has 1 aromatic carbocycles. The van der Waals surface area contributed by atoms with E-state index in [1.807, 2.05) is 6.92 Å². The van der Waals surface area contributed by atoms with Gasteiger partial charge in [-0.3, -0.25) is 4.79 Å². The Hall–Kier alpha value is -1.94. The third-order valence-corrected chi connectivity index (χ3v) is 6.47. The van der Waals surface area contributed by atoms with Crippen molar-refractivity contribution in [1.29, 1.82) is 0 Å². The second-order valence-electron chi connectivity index (χ2n) is 5.57. The summed E-state index contributed by atoms with van der Waals surface area (Å²) in [7, 11) is -3.66. The summed E-state index contributed by atoms with van der Waals surface area (Å²) in [6, 6.07) is 6.21. The Bertz CT molecular complexity index is 859. The lowest BCUT2D eigenvalue weighted by molar-refractivity contribution is 0.0730. The van der Waals surface area contributed by atoms with Crippen LogP contribution in [0.3, 0.4) is 0 Å². The maximum absolute atomic E-state index is 12.8. The first-order valence-corrected chi connectivity index (χ1v) is 10.6. The largest absolute Gasteiger partial charge is 0.492 e. The first kappa shape index (κ1) is 18.8. The molecule has 0 radical (unpaired) electrons. The topological polar surface area (TPSA) is 84.9 Å². The minimum Gasteiger partial charge on any atom is -0.492 e. The smallest absolute Gasteiger partial charge is 0.256 e. The predicted octanol–water partition coefficient (Wildman–Crippen LogP) is 2.42. The molecule has 7 nitrogen and oxygen atoms in total. The number of anilines is 1. The summed E-state index contributed by atoms with van der Waals surface area (Å²) >= 11 is 1.41. The monoisotopic (exact) mass is 396 g/mol. The van der Waals surface area contributed by atoms with Crippen LogP contribution in [-0.2, 0) is 14.8 Å². The standard InChI is InChI=1S/C17H20N2O5S2/c1-2-24-16-4-3-14(26(21,22)19-6-8-23-9-7-19)11-15(16)18-17(20)13-5-10-25-12-13/h3-5,10-12H,2,6-9H2,1H3,(H,18,20). The Kier molecular flexibility index (Phi) is 5.92. The van der Waals surface area contributed by atoms with Gasteiger partial charge in [0.1, 0.15) is 5.75 Å². The molecule has 0 bridgehead atoms. The van der Waals surface area contributed by atoms with Gasteiger partial charge in [0.15, 0.2) is 0 Å². The molecule has 1 N–H and O–H groups in total. The van der Waals surface area contributed by atoms with Gasteiger partial charge in [-0.05, 0) is 36.6 Å². The molecule has 0 aliphatic carbocycles. The number of ether oxygens (including phenoxy) is 2. The maximum atomic E-state index is 12.8. The van der Waals surface area contributed by atoms with Crippen LogP contribution in [0.15, 0.2) is 39.9 Å². The summed E-state index contributed by atoms with van der Waals surface area (Å²) in [5, 5.41) is 6.28. The van der Waals surface area contributed by atoms with Crippen LogP contribution in [0.1, 0.15) is 17.3 Å². The zero-order valence-corrected chi connectivity index (χ0v) is 15.9. The van der Waals surface area contributed by atoms with E-state index in [1.165, 1.54) is 27.8 Å². The molecule has 1 saturated heterocycles. The van der Waals surface area contributed by atoms with Crippen LogP contribution in [0.2, 0.25) is 0 Å². The lowest BCUT2D eigenvalue weighted by atomic mass is 10.2. The number of hydrogen-bond acceptors (Lipinski definition) is 6. The number of sulfonamides is 1. The maximum Gasteiger partial charge on any atom is 0.256 e. The van der Waals surface area contributed by atoms with Crippen LogP contribution in [0.5, 0.6) is 5.75 Å². The van der Waals surface area contributed by atoms with Gasteiger partial charge in [0.05, 0.1) is 36.0 Å². The molecule has 0 atom stereocenters. The molecule has 26 heavy (non-hydrogen) atoms. The predicted molar refractivity (Wildman–Crippen MR) is 99.5 cm³/mol. The van der Waals surface area contributed by atoms with Crippen molar-refractivity contribution >= 4 is 33.0 Å². The Morgan fingerprint density at radius 3 is 2.73 bits per heavy atom. The molecule has 1 fully saturated rings. The van der Waals surface area contributed by atoms with Crippen molar-refractivity contribution in [2.75, 3.05) is 38.2 Å². The Labute approximate surface area is 156 Å². The first-order chi connectivity index (χ1) is 12.5. The van der Waals surface area contributed by atoms with E-state index in [9.17, 15) is 13.2 Å². The van der Waals surface area contributed by atoms with Gasteiger partial charge in [0.25, 0.3) is 5.91 Å². The normalized spacial score (nSPS) is 15.6. The number of benzene rings is 1. The third kappa shape index (κ3) is 4.07. The molecule has 1 aromatic heterocycles. The van der Waals surface area contributed by atoms with Crippen LogP contribution in [0, 0.1) is 0 Å². The lowest BCUT2D eigenvalue weighted by Crippen LogP contribution is -2.40. The molecule has 1 amide bonds. The van der Waals surface area contributed by atoms with Crippen molar-refractivity contribution in [1.82, 2.24) is 4.31 Å². The fourth-order valence-electron chi connectivity index (χ4n) is 2.57. The molecule has 1 aliphatic heterocycles. The minimum atomic E-state index is -3.66. The molecule has 140 valence electrons. The molecule has 0 saturated carbocycles. The van der Waals surface area contributed by atoms with Crippen LogP contribution in [0.25, 0.3) is 0 Å². The SMILES string of the molecule is CCOc1ccc(S(=O)(=O)N2CCOCC2)cc1NC(=O)c1ccsc1. The highest BCUT2D eigenvalue weighted by Gasteiger charge is 2.27. The number of thiophene rings is 1. The van der Waals surface area contributed by atoms with E-state index in [-0.39, 0.29) is 10.8 Å². The molecular weight excluding hydrogens is 376 g/mol. The summed E-state index contributed by atoms with van der Waals surface area (Å²) in [6.07, 6.45) is 0. The first-order valence-electron chi connectivity index (χ1n) is 8.20. The number of nitrogens with one attached hydrogen (secondary N) is 1. The van der Waals surface area contributed by atoms with Crippen molar-refractivity contribution in [2.45, 2.75) is 11.8 Å². The molecular formula is C17H20N2O5S2. The highest BCUT2D eigenvalue weighted by molar-refractivity contribution is 7.89. The molecule has 0 unspecified atom stereocenters. The van der Waals surface area contributed by atoms with Crippen LogP contribution in [-0.4, -0.2) is 51.5 Å². The van der Waals surface area contributed by atoms with E-state index in [0.717, 1.165) is 0 Å². The van der Waals surface area contributed by atoms with Crippen LogP contribution >= 0.6 is 11.3 Å². The second-order valence-corrected chi connectivity index (χ2v) is 8.29.